The molecular weight excluding hydrogens is 602 g/mol. The van der Waals surface area contributed by atoms with Gasteiger partial charge in [-0.3, -0.25) is 0 Å². The summed E-state index contributed by atoms with van der Waals surface area (Å²) in [4.78, 5) is 0. The molecule has 44 heavy (non-hydrogen) atoms. The largest absolute Gasteiger partial charge is 0.394 e. The second-order valence-electron chi connectivity index (χ2n) is 11.4. The summed E-state index contributed by atoms with van der Waals surface area (Å²) in [7, 11) is 0. The molecule has 0 radical (unpaired) electrons. The van der Waals surface area contributed by atoms with Gasteiger partial charge in [0.05, 0.1) is 38.0 Å². The molecule has 4 rings (SSSR count). The number of nitrogens with one attached hydrogen (secondary N) is 1. The van der Waals surface area contributed by atoms with Crippen LogP contribution in [0.15, 0.2) is 11.6 Å². The van der Waals surface area contributed by atoms with Gasteiger partial charge in [-0.1, -0.05) is 6.08 Å². The Hall–Kier alpha value is -1.02. The molecule has 0 bridgehead atoms. The molecule has 19 heteroatoms. The van der Waals surface area contributed by atoms with E-state index < -0.39 is 136 Å². The summed E-state index contributed by atoms with van der Waals surface area (Å²) in [5.74, 6) is 0. The number of aliphatic hydroxyl groups is 13. The molecule has 4 aliphatic rings. The molecule has 14 N–H and O–H groups in total. The molecule has 0 amide bonds. The van der Waals surface area contributed by atoms with E-state index in [0.717, 1.165) is 0 Å². The lowest BCUT2D eigenvalue weighted by Crippen LogP contribution is -2.68. The Morgan fingerprint density at radius 1 is 0.636 bits per heavy atom. The molecule has 0 saturated carbocycles. The van der Waals surface area contributed by atoms with E-state index in [2.05, 4.69) is 5.32 Å². The molecule has 19 nitrogen and oxygen atoms in total. The van der Waals surface area contributed by atoms with Gasteiger partial charge in [0.2, 0.25) is 0 Å². The predicted molar refractivity (Wildman–Crippen MR) is 138 cm³/mol. The van der Waals surface area contributed by atoms with Crippen molar-refractivity contribution in [3.05, 3.63) is 11.6 Å². The normalized spacial score (nSPS) is 52.0. The van der Waals surface area contributed by atoms with Crippen LogP contribution in [0.4, 0.5) is 0 Å². The minimum absolute atomic E-state index is 0.0225. The van der Waals surface area contributed by atoms with Crippen LogP contribution in [0.3, 0.4) is 0 Å². The van der Waals surface area contributed by atoms with Gasteiger partial charge in [-0.2, -0.15) is 0 Å². The zero-order valence-electron chi connectivity index (χ0n) is 23.5. The predicted octanol–water partition coefficient (Wildman–Crippen LogP) is -8.56. The van der Waals surface area contributed by atoms with Gasteiger partial charge in [0.25, 0.3) is 0 Å². The summed E-state index contributed by atoms with van der Waals surface area (Å²) in [5, 5.41) is 136. The van der Waals surface area contributed by atoms with Crippen molar-refractivity contribution in [3.8, 4) is 0 Å². The fourth-order valence-corrected chi connectivity index (χ4v) is 5.81. The summed E-state index contributed by atoms with van der Waals surface area (Å²) in [6.07, 6.45) is -26.6. The van der Waals surface area contributed by atoms with Crippen molar-refractivity contribution in [2.75, 3.05) is 19.8 Å². The highest BCUT2D eigenvalue weighted by atomic mass is 16.7. The van der Waals surface area contributed by atoms with Crippen molar-refractivity contribution in [1.82, 2.24) is 5.32 Å². The Morgan fingerprint density at radius 3 is 1.73 bits per heavy atom. The summed E-state index contributed by atoms with van der Waals surface area (Å²) in [6, 6.07) is -2.17. The fraction of sp³-hybridized carbons (Fsp3) is 0.920. The molecule has 256 valence electrons. The van der Waals surface area contributed by atoms with Gasteiger partial charge in [-0.25, -0.2) is 0 Å². The van der Waals surface area contributed by atoms with Gasteiger partial charge in [0.1, 0.15) is 79.4 Å². The fourth-order valence-electron chi connectivity index (χ4n) is 5.81. The first kappa shape index (κ1) is 35.8. The van der Waals surface area contributed by atoms with Crippen LogP contribution >= 0.6 is 0 Å². The second-order valence-corrected chi connectivity index (χ2v) is 11.4. The summed E-state index contributed by atoms with van der Waals surface area (Å²) >= 11 is 0. The number of ether oxygens (including phenoxy) is 5. The molecule has 1 aliphatic carbocycles. The Bertz CT molecular complexity index is 958. The van der Waals surface area contributed by atoms with Crippen LogP contribution in [-0.4, -0.2) is 203 Å². The second kappa shape index (κ2) is 14.8. The van der Waals surface area contributed by atoms with Crippen molar-refractivity contribution in [2.24, 2.45) is 0 Å². The van der Waals surface area contributed by atoms with Crippen LogP contribution in [0.2, 0.25) is 0 Å². The smallest absolute Gasteiger partial charge is 0.187 e. The first-order chi connectivity index (χ1) is 20.7. The van der Waals surface area contributed by atoms with E-state index in [9.17, 15) is 66.4 Å². The van der Waals surface area contributed by atoms with E-state index in [-0.39, 0.29) is 5.57 Å². The van der Waals surface area contributed by atoms with Gasteiger partial charge in [-0.05, 0) is 12.5 Å². The van der Waals surface area contributed by atoms with Crippen LogP contribution in [0, 0.1) is 0 Å². The van der Waals surface area contributed by atoms with Crippen LogP contribution < -0.4 is 5.32 Å². The third-order valence-corrected chi connectivity index (χ3v) is 8.48. The molecule has 0 aromatic heterocycles. The zero-order chi connectivity index (χ0) is 32.6. The van der Waals surface area contributed by atoms with Crippen molar-refractivity contribution in [1.29, 1.82) is 0 Å². The summed E-state index contributed by atoms with van der Waals surface area (Å²) < 4.78 is 27.4. The van der Waals surface area contributed by atoms with Crippen molar-refractivity contribution < 1.29 is 90.1 Å². The summed E-state index contributed by atoms with van der Waals surface area (Å²) in [5.41, 5.74) is 0.0225. The SMILES string of the molecule is C[C@H]1O[C@H](O[C@H]2[C@H](O)[C@@H](O)[C@@H](O[C@H]3[C@H](O)[C@@H](O)C(O)O[C@H]3CO)O[C@H]2CO)[C@H](O)[C@@H](O)[C@H]1N[C@H]1C=C(CO)[C@@H](O)[C@H](O)[C@@H]1O. The zero-order valence-corrected chi connectivity index (χ0v) is 23.5. The third kappa shape index (κ3) is 6.96. The third-order valence-electron chi connectivity index (χ3n) is 8.48. The quantitative estimate of drug-likeness (QED) is 0.103. The van der Waals surface area contributed by atoms with E-state index in [1.165, 1.54) is 13.0 Å². The van der Waals surface area contributed by atoms with E-state index in [1.54, 1.807) is 0 Å². The molecule has 0 spiro atoms. The van der Waals surface area contributed by atoms with E-state index in [1.807, 2.05) is 0 Å². The van der Waals surface area contributed by atoms with Crippen LogP contribution in [0.25, 0.3) is 0 Å². The Balaban J connectivity index is 1.42. The Labute approximate surface area is 250 Å². The molecule has 3 aliphatic heterocycles. The molecule has 1 unspecified atom stereocenters. The Kier molecular flexibility index (Phi) is 12.1. The molecular formula is C25H43NO18. The van der Waals surface area contributed by atoms with Gasteiger partial charge in [0.15, 0.2) is 18.9 Å². The Morgan fingerprint density at radius 2 is 1.16 bits per heavy atom. The first-order valence-electron chi connectivity index (χ1n) is 14.1. The van der Waals surface area contributed by atoms with E-state index in [0.29, 0.717) is 0 Å². The van der Waals surface area contributed by atoms with Crippen molar-refractivity contribution in [3.63, 3.8) is 0 Å². The molecule has 0 aromatic rings. The summed E-state index contributed by atoms with van der Waals surface area (Å²) in [6.45, 7) is -0.753. The minimum atomic E-state index is -1.93. The minimum Gasteiger partial charge on any atom is -0.394 e. The number of rotatable bonds is 9. The van der Waals surface area contributed by atoms with E-state index in [4.69, 9.17) is 23.7 Å². The molecule has 3 saturated heterocycles. The van der Waals surface area contributed by atoms with E-state index >= 15 is 0 Å². The highest BCUT2D eigenvalue weighted by Crippen LogP contribution is 2.32. The maximum absolute atomic E-state index is 10.9. The van der Waals surface area contributed by atoms with Crippen LogP contribution in [-0.2, 0) is 23.7 Å². The van der Waals surface area contributed by atoms with Gasteiger partial charge >= 0.3 is 0 Å². The van der Waals surface area contributed by atoms with Crippen LogP contribution in [0.5, 0.6) is 0 Å². The van der Waals surface area contributed by atoms with Crippen molar-refractivity contribution >= 4 is 0 Å². The number of hydrogen-bond acceptors (Lipinski definition) is 19. The lowest BCUT2D eigenvalue weighted by atomic mass is 9.86. The van der Waals surface area contributed by atoms with Gasteiger partial charge in [-0.15, -0.1) is 0 Å². The molecule has 3 heterocycles. The van der Waals surface area contributed by atoms with Gasteiger partial charge < -0.3 is 95.4 Å². The monoisotopic (exact) mass is 645 g/mol. The molecule has 3 fully saturated rings. The molecule has 0 aromatic carbocycles. The first-order valence-corrected chi connectivity index (χ1v) is 14.1. The highest BCUT2D eigenvalue weighted by molar-refractivity contribution is 5.22. The maximum atomic E-state index is 10.9. The molecule has 19 atom stereocenters. The number of aliphatic hydroxyl groups excluding tert-OH is 13. The van der Waals surface area contributed by atoms with Crippen molar-refractivity contribution in [2.45, 2.75) is 123 Å². The average molecular weight is 646 g/mol. The lowest BCUT2D eigenvalue weighted by Gasteiger charge is -2.48. The maximum Gasteiger partial charge on any atom is 0.187 e. The standard InChI is InChI=1S/C25H43NO18/c1-6-11(26-8-2-7(3-27)12(30)15(33)13(8)31)14(32)19(37)24(40-6)43-22-10(5-29)42-25(20(38)17(22)35)44-21-9(4-28)41-23(39)18(36)16(21)34/h2,6,8-39H,3-5H2,1H3/t6-,8+,9+,10+,11+,12-,13-,14+,15+,16-,17-,18-,19-,20-,21-,22-,23?,24-,25-/m1/s1. The van der Waals surface area contributed by atoms with Gasteiger partial charge in [0, 0.05) is 0 Å². The highest BCUT2D eigenvalue weighted by Gasteiger charge is 2.53. The average Bonchev–Trinajstić information content (AvgIpc) is 3.00. The van der Waals surface area contributed by atoms with Crippen LogP contribution in [0.1, 0.15) is 6.92 Å². The topological polar surface area (TPSA) is 321 Å². The lowest BCUT2D eigenvalue weighted by molar-refractivity contribution is -0.373. The number of hydrogen-bond donors (Lipinski definition) is 14.